The van der Waals surface area contributed by atoms with E-state index < -0.39 is 32.7 Å². The fourth-order valence-corrected chi connectivity index (χ4v) is 5.98. The van der Waals surface area contributed by atoms with Gasteiger partial charge in [0.2, 0.25) is 15.9 Å². The van der Waals surface area contributed by atoms with Crippen LogP contribution in [0.2, 0.25) is 0 Å². The van der Waals surface area contributed by atoms with E-state index in [1.54, 1.807) is 11.8 Å². The van der Waals surface area contributed by atoms with Gasteiger partial charge < -0.3 is 4.90 Å². The van der Waals surface area contributed by atoms with Gasteiger partial charge in [0, 0.05) is 38.4 Å². The summed E-state index contributed by atoms with van der Waals surface area (Å²) in [5.41, 5.74) is 0.847. The molecule has 0 aromatic heterocycles. The Labute approximate surface area is 185 Å². The fourth-order valence-electron chi connectivity index (χ4n) is 4.34. The van der Waals surface area contributed by atoms with Crippen molar-refractivity contribution in [2.45, 2.75) is 30.5 Å². The fraction of sp³-hybridized carbons (Fsp3) is 0.409. The molecule has 2 heterocycles. The molecule has 0 bridgehead atoms. The summed E-state index contributed by atoms with van der Waals surface area (Å²) < 4.78 is 66.9. The highest BCUT2D eigenvalue weighted by Gasteiger charge is 2.40. The van der Waals surface area contributed by atoms with Crippen LogP contribution >= 0.6 is 0 Å². The standard InChI is InChI=1S/C22H24F3N3O3S/c1-16(21(29)28-11-10-17-6-2-4-8-19(17)28)26-12-14-27(15-13-26)32(30,31)20-9-5-3-7-18(20)22(23,24)25/h2-9,16H,10-15H2,1H3. The largest absolute Gasteiger partial charge is 0.417 e. The van der Waals surface area contributed by atoms with E-state index in [0.29, 0.717) is 6.54 Å². The van der Waals surface area contributed by atoms with Crippen LogP contribution in [-0.4, -0.2) is 62.3 Å². The zero-order valence-corrected chi connectivity index (χ0v) is 18.4. The van der Waals surface area contributed by atoms with Crippen molar-refractivity contribution in [3.63, 3.8) is 0 Å². The Balaban J connectivity index is 1.45. The van der Waals surface area contributed by atoms with Crippen molar-refractivity contribution >= 4 is 21.6 Å². The predicted octanol–water partition coefficient (Wildman–Crippen LogP) is 2.99. The van der Waals surface area contributed by atoms with E-state index in [1.807, 2.05) is 29.2 Å². The van der Waals surface area contributed by atoms with Crippen molar-refractivity contribution < 1.29 is 26.4 Å². The molecule has 10 heteroatoms. The van der Waals surface area contributed by atoms with Crippen LogP contribution in [0.5, 0.6) is 0 Å². The molecule has 1 amide bonds. The van der Waals surface area contributed by atoms with E-state index in [0.717, 1.165) is 34.1 Å². The lowest BCUT2D eigenvalue weighted by Crippen LogP contribution is -2.55. The third-order valence-electron chi connectivity index (χ3n) is 6.14. The number of fused-ring (bicyclic) bond motifs is 1. The minimum atomic E-state index is -4.77. The molecular formula is C22H24F3N3O3S. The van der Waals surface area contributed by atoms with Crippen LogP contribution in [0.1, 0.15) is 18.1 Å². The van der Waals surface area contributed by atoms with Gasteiger partial charge in [0.15, 0.2) is 0 Å². The van der Waals surface area contributed by atoms with Gasteiger partial charge in [-0.25, -0.2) is 8.42 Å². The molecule has 2 aromatic carbocycles. The van der Waals surface area contributed by atoms with Crippen LogP contribution in [0.4, 0.5) is 18.9 Å². The predicted molar refractivity (Wildman–Crippen MR) is 114 cm³/mol. The maximum atomic E-state index is 13.3. The number of amides is 1. The SMILES string of the molecule is CC(C(=O)N1CCc2ccccc21)N1CCN(S(=O)(=O)c2ccccc2C(F)(F)F)CC1. The summed E-state index contributed by atoms with van der Waals surface area (Å²) in [5.74, 6) is -0.0614. The lowest BCUT2D eigenvalue weighted by molar-refractivity contribution is -0.140. The molecule has 1 fully saturated rings. The molecule has 4 rings (SSSR count). The molecule has 0 spiro atoms. The summed E-state index contributed by atoms with van der Waals surface area (Å²) in [4.78, 5) is 16.0. The normalized spacial score (nSPS) is 19.1. The zero-order valence-electron chi connectivity index (χ0n) is 17.5. The Kier molecular flexibility index (Phi) is 6.04. The topological polar surface area (TPSA) is 60.9 Å². The van der Waals surface area contributed by atoms with E-state index in [2.05, 4.69) is 0 Å². The van der Waals surface area contributed by atoms with Crippen LogP contribution in [-0.2, 0) is 27.4 Å². The van der Waals surface area contributed by atoms with Crippen molar-refractivity contribution in [1.82, 2.24) is 9.21 Å². The number of hydrogen-bond donors (Lipinski definition) is 0. The maximum absolute atomic E-state index is 13.3. The van der Waals surface area contributed by atoms with Crippen molar-refractivity contribution in [3.8, 4) is 0 Å². The summed E-state index contributed by atoms with van der Waals surface area (Å²) >= 11 is 0. The van der Waals surface area contributed by atoms with E-state index in [-0.39, 0.29) is 32.1 Å². The first-order valence-corrected chi connectivity index (χ1v) is 11.8. The molecular weight excluding hydrogens is 443 g/mol. The summed E-state index contributed by atoms with van der Waals surface area (Å²) in [6, 6.07) is 11.5. The van der Waals surface area contributed by atoms with E-state index in [9.17, 15) is 26.4 Å². The van der Waals surface area contributed by atoms with E-state index in [1.165, 1.54) is 12.1 Å². The third-order valence-corrected chi connectivity index (χ3v) is 8.10. The lowest BCUT2D eigenvalue weighted by Gasteiger charge is -2.38. The second kappa shape index (κ2) is 8.49. The molecule has 1 unspecified atom stereocenters. The Morgan fingerprint density at radius 2 is 1.56 bits per heavy atom. The number of rotatable bonds is 4. The van der Waals surface area contributed by atoms with E-state index >= 15 is 0 Å². The molecule has 2 aliphatic rings. The molecule has 32 heavy (non-hydrogen) atoms. The van der Waals surface area contributed by atoms with Gasteiger partial charge in [0.25, 0.3) is 0 Å². The third kappa shape index (κ3) is 4.14. The van der Waals surface area contributed by atoms with Crippen LogP contribution < -0.4 is 4.90 Å². The van der Waals surface area contributed by atoms with Gasteiger partial charge in [-0.15, -0.1) is 0 Å². The van der Waals surface area contributed by atoms with Gasteiger partial charge in [-0.05, 0) is 37.1 Å². The van der Waals surface area contributed by atoms with Crippen LogP contribution in [0.15, 0.2) is 53.4 Å². The van der Waals surface area contributed by atoms with Gasteiger partial charge in [0.1, 0.15) is 0 Å². The van der Waals surface area contributed by atoms with Gasteiger partial charge in [-0.1, -0.05) is 30.3 Å². The second-order valence-electron chi connectivity index (χ2n) is 7.98. The quantitative estimate of drug-likeness (QED) is 0.694. The number of carbonyl (C=O) groups excluding carboxylic acids is 1. The number of carbonyl (C=O) groups is 1. The smallest absolute Gasteiger partial charge is 0.310 e. The number of hydrogen-bond acceptors (Lipinski definition) is 4. The summed E-state index contributed by atoms with van der Waals surface area (Å²) in [6.07, 6.45) is -3.97. The van der Waals surface area contributed by atoms with Gasteiger partial charge in [-0.2, -0.15) is 17.5 Å². The minimum Gasteiger partial charge on any atom is -0.310 e. The first kappa shape index (κ1) is 22.8. The average Bonchev–Trinajstić information content (AvgIpc) is 3.22. The highest BCUT2D eigenvalue weighted by molar-refractivity contribution is 7.89. The number of halogens is 3. The molecule has 2 aromatic rings. The number of anilines is 1. The molecule has 1 atom stereocenters. The average molecular weight is 468 g/mol. The summed E-state index contributed by atoms with van der Waals surface area (Å²) in [7, 11) is -4.31. The number of para-hydroxylation sites is 1. The molecule has 0 N–H and O–H groups in total. The summed E-state index contributed by atoms with van der Waals surface area (Å²) in [6.45, 7) is 2.94. The Bertz CT molecular complexity index is 1110. The Morgan fingerprint density at radius 3 is 2.25 bits per heavy atom. The summed E-state index contributed by atoms with van der Waals surface area (Å²) in [5, 5.41) is 0. The molecule has 1 saturated heterocycles. The molecule has 6 nitrogen and oxygen atoms in total. The monoisotopic (exact) mass is 467 g/mol. The Morgan fingerprint density at radius 1 is 0.938 bits per heavy atom. The van der Waals surface area contributed by atoms with Crippen molar-refractivity contribution in [2.75, 3.05) is 37.6 Å². The molecule has 172 valence electrons. The van der Waals surface area contributed by atoms with Crippen LogP contribution in [0.25, 0.3) is 0 Å². The lowest BCUT2D eigenvalue weighted by atomic mass is 10.1. The van der Waals surface area contributed by atoms with Crippen LogP contribution in [0.3, 0.4) is 0 Å². The number of alkyl halides is 3. The maximum Gasteiger partial charge on any atom is 0.417 e. The van der Waals surface area contributed by atoms with Gasteiger partial charge >= 0.3 is 6.18 Å². The number of nitrogens with zero attached hydrogens (tertiary/aromatic N) is 3. The molecule has 0 saturated carbocycles. The highest BCUT2D eigenvalue weighted by atomic mass is 32.2. The first-order valence-electron chi connectivity index (χ1n) is 10.4. The van der Waals surface area contributed by atoms with E-state index in [4.69, 9.17) is 0 Å². The molecule has 0 radical (unpaired) electrons. The van der Waals surface area contributed by atoms with Crippen molar-refractivity contribution in [1.29, 1.82) is 0 Å². The van der Waals surface area contributed by atoms with Crippen molar-refractivity contribution in [3.05, 3.63) is 59.7 Å². The second-order valence-corrected chi connectivity index (χ2v) is 9.88. The zero-order chi connectivity index (χ0) is 23.1. The number of sulfonamides is 1. The van der Waals surface area contributed by atoms with Crippen LogP contribution in [0, 0.1) is 0 Å². The Hall–Kier alpha value is -2.43. The molecule has 2 aliphatic heterocycles. The van der Waals surface area contributed by atoms with Gasteiger partial charge in [0.05, 0.1) is 16.5 Å². The van der Waals surface area contributed by atoms with Crippen molar-refractivity contribution in [2.24, 2.45) is 0 Å². The first-order chi connectivity index (χ1) is 15.1. The molecule has 0 aliphatic carbocycles. The minimum absolute atomic E-state index is 0.0166. The number of piperazine rings is 1. The van der Waals surface area contributed by atoms with Gasteiger partial charge in [-0.3, -0.25) is 9.69 Å². The highest BCUT2D eigenvalue weighted by Crippen LogP contribution is 2.35. The number of benzene rings is 2.